The zero-order valence-corrected chi connectivity index (χ0v) is 11.8. The average Bonchev–Trinajstić information content (AvgIpc) is 2.54. The summed E-state index contributed by atoms with van der Waals surface area (Å²) in [6.07, 6.45) is 2.84. The van der Waals surface area contributed by atoms with E-state index in [2.05, 4.69) is 6.07 Å². The van der Waals surface area contributed by atoms with Gasteiger partial charge in [0.2, 0.25) is 0 Å². The van der Waals surface area contributed by atoms with Gasteiger partial charge in [-0.05, 0) is 48.1 Å². The molecule has 3 nitrogen and oxygen atoms in total. The lowest BCUT2D eigenvalue weighted by Crippen LogP contribution is -2.12. The maximum atomic E-state index is 10.6. The molecular weight excluding hydrogens is 264 g/mol. The van der Waals surface area contributed by atoms with Gasteiger partial charge < -0.3 is 9.47 Å². The quantitative estimate of drug-likeness (QED) is 0.782. The first kappa shape index (κ1) is 13.7. The largest absolute Gasteiger partial charge is 0.489 e. The Morgan fingerprint density at radius 2 is 2.00 bits per heavy atom. The Labute approximate surface area is 124 Å². The number of aryl methyl sites for hydroxylation is 1. The summed E-state index contributed by atoms with van der Waals surface area (Å²) >= 11 is 0. The number of rotatable bonds is 5. The van der Waals surface area contributed by atoms with Crippen LogP contribution in [0.1, 0.15) is 35.6 Å². The van der Waals surface area contributed by atoms with E-state index in [-0.39, 0.29) is 6.10 Å². The van der Waals surface area contributed by atoms with Crippen molar-refractivity contribution in [3.05, 3.63) is 65.2 Å². The third kappa shape index (κ3) is 3.24. The van der Waals surface area contributed by atoms with Gasteiger partial charge in [0, 0.05) is 0 Å². The van der Waals surface area contributed by atoms with Crippen molar-refractivity contribution >= 4 is 6.47 Å². The Morgan fingerprint density at radius 1 is 1.14 bits per heavy atom. The summed E-state index contributed by atoms with van der Waals surface area (Å²) < 4.78 is 11.0. The first-order valence-electron chi connectivity index (χ1n) is 7.25. The standard InChI is InChI=1S/C18H18O3/c19-13-21-18-8-4-7-15-11-16(9-10-17(15)18)20-12-14-5-2-1-3-6-14/h1-3,5-6,9-11,13,18H,4,7-8,12H2. The second-order valence-corrected chi connectivity index (χ2v) is 5.25. The molecule has 0 aliphatic heterocycles. The Morgan fingerprint density at radius 3 is 2.81 bits per heavy atom. The van der Waals surface area contributed by atoms with E-state index in [1.165, 1.54) is 5.56 Å². The van der Waals surface area contributed by atoms with Gasteiger partial charge in [-0.2, -0.15) is 0 Å². The van der Waals surface area contributed by atoms with E-state index in [0.717, 1.165) is 36.1 Å². The summed E-state index contributed by atoms with van der Waals surface area (Å²) in [5, 5.41) is 0. The number of hydrogen-bond acceptors (Lipinski definition) is 3. The van der Waals surface area contributed by atoms with Gasteiger partial charge in [0.05, 0.1) is 0 Å². The molecule has 0 saturated heterocycles. The van der Waals surface area contributed by atoms with Crippen LogP contribution in [-0.4, -0.2) is 6.47 Å². The molecule has 3 heteroatoms. The van der Waals surface area contributed by atoms with Gasteiger partial charge in [-0.15, -0.1) is 0 Å². The van der Waals surface area contributed by atoms with Crippen LogP contribution in [0, 0.1) is 0 Å². The number of carbonyl (C=O) groups excluding carboxylic acids is 1. The van der Waals surface area contributed by atoms with Crippen molar-refractivity contribution in [1.82, 2.24) is 0 Å². The van der Waals surface area contributed by atoms with E-state index < -0.39 is 0 Å². The summed E-state index contributed by atoms with van der Waals surface area (Å²) in [4.78, 5) is 10.6. The fraction of sp³-hybridized carbons (Fsp3) is 0.278. The van der Waals surface area contributed by atoms with E-state index in [4.69, 9.17) is 9.47 Å². The minimum absolute atomic E-state index is 0.102. The third-order valence-corrected chi connectivity index (χ3v) is 3.84. The molecule has 0 radical (unpaired) electrons. The molecule has 108 valence electrons. The monoisotopic (exact) mass is 282 g/mol. The van der Waals surface area contributed by atoms with Crippen LogP contribution in [0.4, 0.5) is 0 Å². The van der Waals surface area contributed by atoms with Gasteiger partial charge in [-0.25, -0.2) is 0 Å². The van der Waals surface area contributed by atoms with Crippen LogP contribution in [0.25, 0.3) is 0 Å². The van der Waals surface area contributed by atoms with E-state index in [1.807, 2.05) is 42.5 Å². The lowest BCUT2D eigenvalue weighted by Gasteiger charge is -2.24. The Bertz CT molecular complexity index is 607. The van der Waals surface area contributed by atoms with Crippen molar-refractivity contribution < 1.29 is 14.3 Å². The molecule has 1 unspecified atom stereocenters. The molecule has 0 N–H and O–H groups in total. The van der Waals surface area contributed by atoms with Gasteiger partial charge in [-0.3, -0.25) is 4.79 Å². The normalized spacial score (nSPS) is 16.9. The number of fused-ring (bicyclic) bond motifs is 1. The fourth-order valence-electron chi connectivity index (χ4n) is 2.79. The first-order valence-corrected chi connectivity index (χ1v) is 7.25. The Balaban J connectivity index is 1.72. The van der Waals surface area contributed by atoms with Crippen LogP contribution < -0.4 is 4.74 Å². The average molecular weight is 282 g/mol. The molecule has 0 saturated carbocycles. The maximum Gasteiger partial charge on any atom is 0.293 e. The SMILES string of the molecule is O=COC1CCCc2cc(OCc3ccccc3)ccc21. The highest BCUT2D eigenvalue weighted by Crippen LogP contribution is 2.34. The number of benzene rings is 2. The summed E-state index contributed by atoms with van der Waals surface area (Å²) in [7, 11) is 0. The van der Waals surface area contributed by atoms with E-state index in [9.17, 15) is 4.79 Å². The van der Waals surface area contributed by atoms with Crippen LogP contribution in [0.2, 0.25) is 0 Å². The first-order chi connectivity index (χ1) is 10.4. The zero-order chi connectivity index (χ0) is 14.5. The predicted molar refractivity (Wildman–Crippen MR) is 80.0 cm³/mol. The van der Waals surface area contributed by atoms with Gasteiger partial charge in [-0.1, -0.05) is 36.4 Å². The van der Waals surface area contributed by atoms with Crippen molar-refractivity contribution in [2.45, 2.75) is 32.0 Å². The molecular formula is C18H18O3. The topological polar surface area (TPSA) is 35.5 Å². The van der Waals surface area contributed by atoms with Crippen LogP contribution in [0.15, 0.2) is 48.5 Å². The Kier molecular flexibility index (Phi) is 4.20. The van der Waals surface area contributed by atoms with Crippen LogP contribution in [0.5, 0.6) is 5.75 Å². The van der Waals surface area contributed by atoms with E-state index in [0.29, 0.717) is 13.1 Å². The lowest BCUT2D eigenvalue weighted by atomic mass is 9.89. The molecule has 1 aliphatic carbocycles. The number of ether oxygens (including phenoxy) is 2. The van der Waals surface area contributed by atoms with Crippen molar-refractivity contribution in [3.63, 3.8) is 0 Å². The summed E-state index contributed by atoms with van der Waals surface area (Å²) in [5.41, 5.74) is 3.48. The molecule has 2 aromatic rings. The summed E-state index contributed by atoms with van der Waals surface area (Å²) in [6.45, 7) is 1.10. The molecule has 2 aromatic carbocycles. The van der Waals surface area contributed by atoms with E-state index >= 15 is 0 Å². The van der Waals surface area contributed by atoms with Gasteiger partial charge in [0.15, 0.2) is 0 Å². The van der Waals surface area contributed by atoms with E-state index in [1.54, 1.807) is 0 Å². The second-order valence-electron chi connectivity index (χ2n) is 5.25. The number of hydrogen-bond donors (Lipinski definition) is 0. The molecule has 0 aromatic heterocycles. The third-order valence-electron chi connectivity index (χ3n) is 3.84. The predicted octanol–water partition coefficient (Wildman–Crippen LogP) is 3.82. The van der Waals surface area contributed by atoms with Crippen LogP contribution >= 0.6 is 0 Å². The van der Waals surface area contributed by atoms with Crippen molar-refractivity contribution in [2.24, 2.45) is 0 Å². The highest BCUT2D eigenvalue weighted by Gasteiger charge is 2.21. The van der Waals surface area contributed by atoms with Crippen LogP contribution in [0.3, 0.4) is 0 Å². The van der Waals surface area contributed by atoms with Gasteiger partial charge in [0.25, 0.3) is 6.47 Å². The molecule has 0 bridgehead atoms. The molecule has 21 heavy (non-hydrogen) atoms. The summed E-state index contributed by atoms with van der Waals surface area (Å²) in [6, 6.07) is 16.1. The second kappa shape index (κ2) is 6.44. The molecule has 0 fully saturated rings. The highest BCUT2D eigenvalue weighted by molar-refractivity contribution is 5.42. The zero-order valence-electron chi connectivity index (χ0n) is 11.8. The summed E-state index contributed by atoms with van der Waals surface area (Å²) in [5.74, 6) is 0.865. The molecule has 0 amide bonds. The minimum atomic E-state index is -0.102. The molecule has 1 atom stereocenters. The fourth-order valence-corrected chi connectivity index (χ4v) is 2.79. The molecule has 3 rings (SSSR count). The maximum absolute atomic E-state index is 10.6. The molecule has 1 aliphatic rings. The molecule has 0 spiro atoms. The molecule has 0 heterocycles. The highest BCUT2D eigenvalue weighted by atomic mass is 16.5. The number of carbonyl (C=O) groups is 1. The van der Waals surface area contributed by atoms with Crippen LogP contribution in [-0.2, 0) is 22.6 Å². The van der Waals surface area contributed by atoms with Crippen molar-refractivity contribution in [2.75, 3.05) is 0 Å². The Hall–Kier alpha value is -2.29. The smallest absolute Gasteiger partial charge is 0.293 e. The lowest BCUT2D eigenvalue weighted by molar-refractivity contribution is -0.134. The van der Waals surface area contributed by atoms with Gasteiger partial charge >= 0.3 is 0 Å². The van der Waals surface area contributed by atoms with Gasteiger partial charge in [0.1, 0.15) is 18.5 Å². The van der Waals surface area contributed by atoms with Crippen molar-refractivity contribution in [3.8, 4) is 5.75 Å². The van der Waals surface area contributed by atoms with Crippen molar-refractivity contribution in [1.29, 1.82) is 0 Å². The minimum Gasteiger partial charge on any atom is -0.489 e.